The average molecular weight is 380 g/mol. The van der Waals surface area contributed by atoms with Crippen molar-refractivity contribution < 1.29 is 33.3 Å². The summed E-state index contributed by atoms with van der Waals surface area (Å²) >= 11 is 0. The van der Waals surface area contributed by atoms with Crippen LogP contribution in [-0.4, -0.2) is 54.3 Å². The quantitative estimate of drug-likeness (QED) is 0.691. The lowest BCUT2D eigenvalue weighted by atomic mass is 9.69. The third-order valence-electron chi connectivity index (χ3n) is 6.02. The zero-order valence-electron chi connectivity index (χ0n) is 16.3. The normalized spacial score (nSPS) is 44.5. The Bertz CT molecular complexity index is 657. The largest absolute Gasteiger partial charge is 0.463 e. The summed E-state index contributed by atoms with van der Waals surface area (Å²) in [5.41, 5.74) is -0.519. The van der Waals surface area contributed by atoms with Crippen LogP contribution in [0.5, 0.6) is 0 Å². The molecule has 7 nitrogen and oxygen atoms in total. The Morgan fingerprint density at radius 3 is 2.70 bits per heavy atom. The van der Waals surface area contributed by atoms with E-state index in [4.69, 9.17) is 23.7 Å². The fourth-order valence-electron chi connectivity index (χ4n) is 5.09. The van der Waals surface area contributed by atoms with Gasteiger partial charge in [-0.15, -0.1) is 0 Å². The summed E-state index contributed by atoms with van der Waals surface area (Å²) in [5, 5.41) is 0. The minimum atomic E-state index is -0.771. The van der Waals surface area contributed by atoms with E-state index in [0.717, 1.165) is 12.8 Å². The van der Waals surface area contributed by atoms with Crippen LogP contribution >= 0.6 is 0 Å². The van der Waals surface area contributed by atoms with E-state index in [0.29, 0.717) is 6.42 Å². The fraction of sp³-hybridized carbons (Fsp3) is 0.800. The molecule has 150 valence electrons. The van der Waals surface area contributed by atoms with Crippen LogP contribution in [0.15, 0.2) is 12.2 Å². The first-order chi connectivity index (χ1) is 12.7. The maximum atomic E-state index is 12.2. The summed E-state index contributed by atoms with van der Waals surface area (Å²) in [6.45, 7) is 7.29. The minimum absolute atomic E-state index is 0.0142. The van der Waals surface area contributed by atoms with Crippen molar-refractivity contribution >= 4 is 11.8 Å². The van der Waals surface area contributed by atoms with Gasteiger partial charge in [0.05, 0.1) is 11.7 Å². The summed E-state index contributed by atoms with van der Waals surface area (Å²) in [7, 11) is 0. The maximum Gasteiger partial charge on any atom is 0.302 e. The molecule has 0 unspecified atom stereocenters. The van der Waals surface area contributed by atoms with Crippen molar-refractivity contribution in [2.24, 2.45) is 11.8 Å². The van der Waals surface area contributed by atoms with Gasteiger partial charge < -0.3 is 23.7 Å². The number of rotatable bonds is 4. The lowest BCUT2D eigenvalue weighted by molar-refractivity contribution is -0.253. The Balaban J connectivity index is 1.66. The van der Waals surface area contributed by atoms with Gasteiger partial charge in [0, 0.05) is 25.2 Å². The highest BCUT2D eigenvalue weighted by Crippen LogP contribution is 2.55. The highest BCUT2D eigenvalue weighted by molar-refractivity contribution is 5.91. The molecule has 0 saturated carbocycles. The third-order valence-corrected chi connectivity index (χ3v) is 6.02. The Labute approximate surface area is 159 Å². The standard InChI is InChI=1S/C20H28O7/c1-5-7-20-8-6-12(22)9-13(20)15-17-16(25-19(3,4)26-17)14(10-23-11(2)21)24-18(15)27-20/h6,8,13-18H,5,7,9-10H2,1-4H3/t13-,14-,15+,16-,17+,18+,20-/m1/s1. The van der Waals surface area contributed by atoms with Crippen LogP contribution in [0.2, 0.25) is 0 Å². The van der Waals surface area contributed by atoms with E-state index in [1.54, 1.807) is 6.08 Å². The number of hydrogen-bond donors (Lipinski definition) is 0. The van der Waals surface area contributed by atoms with E-state index < -0.39 is 23.8 Å². The zero-order valence-corrected chi connectivity index (χ0v) is 16.3. The lowest BCUT2D eigenvalue weighted by Crippen LogP contribution is -2.55. The Morgan fingerprint density at radius 2 is 2.00 bits per heavy atom. The van der Waals surface area contributed by atoms with E-state index in [-0.39, 0.29) is 42.4 Å². The Hall–Kier alpha value is -1.28. The van der Waals surface area contributed by atoms with Gasteiger partial charge in [0.2, 0.25) is 0 Å². The molecule has 3 aliphatic heterocycles. The number of carbonyl (C=O) groups is 2. The number of ketones is 1. The van der Waals surface area contributed by atoms with E-state index in [2.05, 4.69) is 6.92 Å². The summed E-state index contributed by atoms with van der Waals surface area (Å²) < 4.78 is 30.2. The van der Waals surface area contributed by atoms with Crippen LogP contribution in [0, 0.1) is 11.8 Å². The second kappa shape index (κ2) is 6.65. The molecule has 3 fully saturated rings. The Kier molecular flexibility index (Phi) is 4.70. The molecule has 3 saturated heterocycles. The van der Waals surface area contributed by atoms with Crippen LogP contribution in [-0.2, 0) is 33.3 Å². The Morgan fingerprint density at radius 1 is 1.26 bits per heavy atom. The molecule has 0 aromatic carbocycles. The molecule has 0 spiro atoms. The third kappa shape index (κ3) is 3.24. The number of carbonyl (C=O) groups excluding carboxylic acids is 2. The number of esters is 1. The van der Waals surface area contributed by atoms with Crippen molar-refractivity contribution in [1.82, 2.24) is 0 Å². The molecule has 3 heterocycles. The van der Waals surface area contributed by atoms with Crippen molar-refractivity contribution in [2.75, 3.05) is 6.61 Å². The number of fused-ring (bicyclic) bond motifs is 5. The SMILES string of the molecule is CCC[C@@]12C=CC(=O)C[C@@H]1[C@@H]1[C@@H](O[C@H](COC(C)=O)[C@H]3OC(C)(C)O[C@H]31)O2. The average Bonchev–Trinajstić information content (AvgIpc) is 3.06. The molecule has 7 atom stereocenters. The molecule has 0 radical (unpaired) electrons. The van der Waals surface area contributed by atoms with Gasteiger partial charge in [-0.05, 0) is 32.4 Å². The molecule has 0 amide bonds. The molecule has 7 heteroatoms. The monoisotopic (exact) mass is 380 g/mol. The van der Waals surface area contributed by atoms with Crippen molar-refractivity contribution in [2.45, 2.75) is 82.9 Å². The molecular formula is C20H28O7. The predicted molar refractivity (Wildman–Crippen MR) is 93.6 cm³/mol. The summed E-state index contributed by atoms with van der Waals surface area (Å²) in [5.74, 6) is -1.15. The first-order valence-electron chi connectivity index (χ1n) is 9.79. The summed E-state index contributed by atoms with van der Waals surface area (Å²) in [4.78, 5) is 23.5. The van der Waals surface area contributed by atoms with Crippen LogP contribution in [0.3, 0.4) is 0 Å². The van der Waals surface area contributed by atoms with Crippen LogP contribution in [0.25, 0.3) is 0 Å². The molecule has 0 N–H and O–H groups in total. The van der Waals surface area contributed by atoms with E-state index in [1.807, 2.05) is 19.9 Å². The predicted octanol–water partition coefficient (Wildman–Crippen LogP) is 2.12. The maximum absolute atomic E-state index is 12.2. The fourth-order valence-corrected chi connectivity index (χ4v) is 5.09. The number of allylic oxidation sites excluding steroid dienone is 1. The molecule has 27 heavy (non-hydrogen) atoms. The van der Waals surface area contributed by atoms with Crippen LogP contribution in [0.4, 0.5) is 0 Å². The zero-order chi connectivity index (χ0) is 19.4. The van der Waals surface area contributed by atoms with Crippen molar-refractivity contribution in [3.63, 3.8) is 0 Å². The molecule has 0 aromatic rings. The van der Waals surface area contributed by atoms with E-state index in [1.165, 1.54) is 6.92 Å². The van der Waals surface area contributed by atoms with Gasteiger partial charge in [-0.3, -0.25) is 9.59 Å². The van der Waals surface area contributed by atoms with Gasteiger partial charge in [0.1, 0.15) is 18.8 Å². The lowest BCUT2D eigenvalue weighted by Gasteiger charge is -2.40. The van der Waals surface area contributed by atoms with Gasteiger partial charge in [-0.2, -0.15) is 0 Å². The molecule has 4 rings (SSSR count). The van der Waals surface area contributed by atoms with Gasteiger partial charge in [0.15, 0.2) is 17.9 Å². The first-order valence-corrected chi connectivity index (χ1v) is 9.79. The van der Waals surface area contributed by atoms with Crippen molar-refractivity contribution in [3.05, 3.63) is 12.2 Å². The number of hydrogen-bond acceptors (Lipinski definition) is 7. The van der Waals surface area contributed by atoms with Gasteiger partial charge in [-0.1, -0.05) is 13.3 Å². The van der Waals surface area contributed by atoms with Crippen molar-refractivity contribution in [1.29, 1.82) is 0 Å². The highest BCUT2D eigenvalue weighted by Gasteiger charge is 2.65. The second-order valence-corrected chi connectivity index (χ2v) is 8.42. The summed E-state index contributed by atoms with van der Waals surface area (Å²) in [6, 6.07) is 0. The molecule has 0 aromatic heterocycles. The van der Waals surface area contributed by atoms with Crippen molar-refractivity contribution in [3.8, 4) is 0 Å². The second-order valence-electron chi connectivity index (χ2n) is 8.42. The minimum Gasteiger partial charge on any atom is -0.463 e. The van der Waals surface area contributed by atoms with Gasteiger partial charge in [-0.25, -0.2) is 0 Å². The highest BCUT2D eigenvalue weighted by atomic mass is 16.8. The molecule has 0 bridgehead atoms. The summed E-state index contributed by atoms with van der Waals surface area (Å²) in [6.07, 6.45) is 4.07. The van der Waals surface area contributed by atoms with E-state index in [9.17, 15) is 9.59 Å². The number of ether oxygens (including phenoxy) is 5. The smallest absolute Gasteiger partial charge is 0.302 e. The molecule has 1 aliphatic carbocycles. The van der Waals surface area contributed by atoms with Gasteiger partial charge in [0.25, 0.3) is 0 Å². The topological polar surface area (TPSA) is 80.3 Å². The first kappa shape index (κ1) is 19.1. The van der Waals surface area contributed by atoms with Crippen LogP contribution < -0.4 is 0 Å². The van der Waals surface area contributed by atoms with E-state index >= 15 is 0 Å². The van der Waals surface area contributed by atoms with Crippen LogP contribution in [0.1, 0.15) is 47.0 Å². The van der Waals surface area contributed by atoms with Gasteiger partial charge >= 0.3 is 5.97 Å². The molecular weight excluding hydrogens is 352 g/mol. The molecule has 4 aliphatic rings.